The zero-order chi connectivity index (χ0) is 13.9. The van der Waals surface area contributed by atoms with E-state index in [0.29, 0.717) is 0 Å². The number of fused-ring (bicyclic) bond motifs is 3. The molecule has 0 N–H and O–H groups in total. The maximum Gasteiger partial charge on any atom is -0.000729 e. The molecule has 0 nitrogen and oxygen atoms in total. The molecular weight excluding hydrogens is 240 g/mol. The topological polar surface area (TPSA) is 0 Å². The van der Waals surface area contributed by atoms with Crippen LogP contribution in [0.4, 0.5) is 0 Å². The van der Waals surface area contributed by atoms with Gasteiger partial charge in [0.05, 0.1) is 0 Å². The predicted molar refractivity (Wildman–Crippen MR) is 87.7 cm³/mol. The molecule has 0 heteroatoms. The summed E-state index contributed by atoms with van der Waals surface area (Å²) in [5.41, 5.74) is 7.89. The average molecular weight is 258 g/mol. The van der Waals surface area contributed by atoms with Crippen molar-refractivity contribution in [2.45, 2.75) is 13.3 Å². The molecule has 0 aliphatic heterocycles. The van der Waals surface area contributed by atoms with E-state index in [1.165, 1.54) is 27.8 Å². The molecule has 2 aromatic carbocycles. The molecule has 0 heterocycles. The lowest BCUT2D eigenvalue weighted by Crippen LogP contribution is -1.89. The van der Waals surface area contributed by atoms with E-state index in [2.05, 4.69) is 55.1 Å². The minimum absolute atomic E-state index is 1.01. The summed E-state index contributed by atoms with van der Waals surface area (Å²) >= 11 is 0. The number of benzene rings is 2. The van der Waals surface area contributed by atoms with Gasteiger partial charge in [-0.05, 0) is 46.7 Å². The molecular formula is C20H18. The van der Waals surface area contributed by atoms with Crippen LogP contribution < -0.4 is 0 Å². The van der Waals surface area contributed by atoms with E-state index < -0.39 is 0 Å². The van der Waals surface area contributed by atoms with Gasteiger partial charge < -0.3 is 0 Å². The fourth-order valence-corrected chi connectivity index (χ4v) is 2.83. The van der Waals surface area contributed by atoms with E-state index in [9.17, 15) is 0 Å². The van der Waals surface area contributed by atoms with Gasteiger partial charge in [-0.3, -0.25) is 0 Å². The van der Waals surface area contributed by atoms with Gasteiger partial charge in [-0.25, -0.2) is 0 Å². The maximum absolute atomic E-state index is 4.22. The lowest BCUT2D eigenvalue weighted by molar-refractivity contribution is 1.25. The second kappa shape index (κ2) is 5.34. The first-order valence-corrected chi connectivity index (χ1v) is 7.00. The highest BCUT2D eigenvalue weighted by Crippen LogP contribution is 2.39. The molecule has 2 aromatic rings. The van der Waals surface area contributed by atoms with E-state index in [0.717, 1.165) is 12.0 Å². The van der Waals surface area contributed by atoms with Crippen LogP contribution in [-0.2, 0) is 6.42 Å². The van der Waals surface area contributed by atoms with Crippen molar-refractivity contribution >= 4 is 5.57 Å². The van der Waals surface area contributed by atoms with Crippen molar-refractivity contribution in [1.29, 1.82) is 0 Å². The minimum Gasteiger partial charge on any atom is -0.0911 e. The van der Waals surface area contributed by atoms with Crippen molar-refractivity contribution in [2.24, 2.45) is 0 Å². The van der Waals surface area contributed by atoms with Crippen molar-refractivity contribution in [3.05, 3.63) is 90.0 Å². The molecule has 1 aliphatic rings. The van der Waals surface area contributed by atoms with Crippen LogP contribution in [0.25, 0.3) is 16.7 Å². The molecule has 0 bridgehead atoms. The van der Waals surface area contributed by atoms with Crippen LogP contribution in [0.5, 0.6) is 0 Å². The molecule has 0 fully saturated rings. The van der Waals surface area contributed by atoms with Gasteiger partial charge in [0.2, 0.25) is 0 Å². The van der Waals surface area contributed by atoms with E-state index >= 15 is 0 Å². The lowest BCUT2D eigenvalue weighted by atomic mass is 9.96. The summed E-state index contributed by atoms with van der Waals surface area (Å²) < 4.78 is 0. The second-order valence-electron chi connectivity index (χ2n) is 5.08. The summed E-state index contributed by atoms with van der Waals surface area (Å²) in [6, 6.07) is 15.2. The maximum atomic E-state index is 4.22. The SMILES string of the molecule is C=C(/C=C\C=C/C)c1cccc2c1Cc1ccccc1-2. The Hall–Kier alpha value is -2.34. The van der Waals surface area contributed by atoms with E-state index in [1.54, 1.807) is 0 Å². The molecule has 0 aromatic heterocycles. The molecule has 0 unspecified atom stereocenters. The normalized spacial score (nSPS) is 12.8. The van der Waals surface area contributed by atoms with Crippen LogP contribution in [0.15, 0.2) is 73.3 Å². The predicted octanol–water partition coefficient (Wildman–Crippen LogP) is 5.40. The first kappa shape index (κ1) is 12.7. The van der Waals surface area contributed by atoms with E-state index in [1.807, 2.05) is 25.2 Å². The Bertz CT molecular complexity index is 715. The smallest absolute Gasteiger partial charge is 0.000729 e. The van der Waals surface area contributed by atoms with Gasteiger partial charge in [0, 0.05) is 0 Å². The van der Waals surface area contributed by atoms with Gasteiger partial charge in [0.25, 0.3) is 0 Å². The second-order valence-corrected chi connectivity index (χ2v) is 5.08. The number of hydrogen-bond acceptors (Lipinski definition) is 0. The highest BCUT2D eigenvalue weighted by Gasteiger charge is 2.20. The monoisotopic (exact) mass is 258 g/mol. The molecule has 0 saturated heterocycles. The van der Waals surface area contributed by atoms with Crippen LogP contribution in [0.1, 0.15) is 23.6 Å². The Morgan fingerprint density at radius 3 is 2.65 bits per heavy atom. The molecule has 1 aliphatic carbocycles. The average Bonchev–Trinajstić information content (AvgIpc) is 2.86. The van der Waals surface area contributed by atoms with Crippen molar-refractivity contribution in [3.63, 3.8) is 0 Å². The van der Waals surface area contributed by atoms with Gasteiger partial charge in [-0.1, -0.05) is 73.3 Å². The van der Waals surface area contributed by atoms with Crippen LogP contribution >= 0.6 is 0 Å². The van der Waals surface area contributed by atoms with Gasteiger partial charge >= 0.3 is 0 Å². The van der Waals surface area contributed by atoms with Crippen molar-refractivity contribution in [2.75, 3.05) is 0 Å². The summed E-state index contributed by atoms with van der Waals surface area (Å²) in [7, 11) is 0. The Morgan fingerprint density at radius 1 is 1.00 bits per heavy atom. The van der Waals surface area contributed by atoms with Crippen molar-refractivity contribution < 1.29 is 0 Å². The van der Waals surface area contributed by atoms with Gasteiger partial charge in [-0.2, -0.15) is 0 Å². The molecule has 98 valence electrons. The summed E-state index contributed by atoms with van der Waals surface area (Å²) in [6.45, 7) is 6.23. The number of hydrogen-bond donors (Lipinski definition) is 0. The highest BCUT2D eigenvalue weighted by molar-refractivity contribution is 5.85. The Kier molecular flexibility index (Phi) is 3.39. The van der Waals surface area contributed by atoms with Gasteiger partial charge in [-0.15, -0.1) is 0 Å². The third kappa shape index (κ3) is 2.14. The summed E-state index contributed by atoms with van der Waals surface area (Å²) in [6.07, 6.45) is 9.19. The quantitative estimate of drug-likeness (QED) is 0.551. The Morgan fingerprint density at radius 2 is 1.80 bits per heavy atom. The van der Waals surface area contributed by atoms with E-state index in [-0.39, 0.29) is 0 Å². The lowest BCUT2D eigenvalue weighted by Gasteiger charge is -2.08. The third-order valence-electron chi connectivity index (χ3n) is 3.80. The largest absolute Gasteiger partial charge is 0.0911 e. The number of rotatable bonds is 3. The molecule has 0 spiro atoms. The number of allylic oxidation sites excluding steroid dienone is 5. The molecule has 0 atom stereocenters. The molecule has 0 amide bonds. The van der Waals surface area contributed by atoms with Gasteiger partial charge in [0.1, 0.15) is 0 Å². The first-order chi connectivity index (χ1) is 9.81. The molecule has 0 saturated carbocycles. The van der Waals surface area contributed by atoms with Crippen LogP contribution in [0.2, 0.25) is 0 Å². The van der Waals surface area contributed by atoms with Crippen LogP contribution in [0, 0.1) is 0 Å². The van der Waals surface area contributed by atoms with Crippen molar-refractivity contribution in [1.82, 2.24) is 0 Å². The minimum atomic E-state index is 1.01. The fraction of sp³-hybridized carbons (Fsp3) is 0.100. The van der Waals surface area contributed by atoms with Crippen molar-refractivity contribution in [3.8, 4) is 11.1 Å². The van der Waals surface area contributed by atoms with Gasteiger partial charge in [0.15, 0.2) is 0 Å². The Balaban J connectivity index is 2.03. The summed E-state index contributed by atoms with van der Waals surface area (Å²) in [4.78, 5) is 0. The molecule has 3 rings (SSSR count). The summed E-state index contributed by atoms with van der Waals surface area (Å²) in [5.74, 6) is 0. The Labute approximate surface area is 120 Å². The summed E-state index contributed by atoms with van der Waals surface area (Å²) in [5, 5.41) is 0. The zero-order valence-electron chi connectivity index (χ0n) is 11.8. The third-order valence-corrected chi connectivity index (χ3v) is 3.80. The highest BCUT2D eigenvalue weighted by atomic mass is 14.2. The van der Waals surface area contributed by atoms with Crippen LogP contribution in [-0.4, -0.2) is 0 Å². The van der Waals surface area contributed by atoms with E-state index in [4.69, 9.17) is 0 Å². The molecule has 0 radical (unpaired) electrons. The zero-order valence-corrected chi connectivity index (χ0v) is 11.8. The standard InChI is InChI=1S/C20H18/c1-3-4-5-9-15(2)17-12-8-13-19-18-11-7-6-10-16(18)14-20(17)19/h3-13H,2,14H2,1H3/b4-3-,9-5-. The first-order valence-electron chi connectivity index (χ1n) is 7.00. The molecule has 20 heavy (non-hydrogen) atoms. The van der Waals surface area contributed by atoms with Crippen LogP contribution in [0.3, 0.4) is 0 Å². The fourth-order valence-electron chi connectivity index (χ4n) is 2.83.